The molecule has 0 radical (unpaired) electrons. The molecule has 1 saturated heterocycles. The number of anilines is 2. The van der Waals surface area contributed by atoms with Gasteiger partial charge >= 0.3 is 6.16 Å². The number of pyridine rings is 1. The number of nitrogens with two attached hydrogens (primary N) is 2. The van der Waals surface area contributed by atoms with Crippen LogP contribution in [-0.2, 0) is 6.54 Å². The van der Waals surface area contributed by atoms with Gasteiger partial charge in [0.2, 0.25) is 11.2 Å². The highest BCUT2D eigenvalue weighted by molar-refractivity contribution is 5.88. The second-order valence-corrected chi connectivity index (χ2v) is 6.07. The van der Waals surface area contributed by atoms with Gasteiger partial charge in [-0.1, -0.05) is 0 Å². The molecule has 0 spiro atoms. The smallest absolute Gasteiger partial charge is 0.449 e. The first-order valence-corrected chi connectivity index (χ1v) is 8.01. The zero-order chi connectivity index (χ0) is 19.2. The van der Waals surface area contributed by atoms with Crippen LogP contribution in [0.3, 0.4) is 0 Å². The monoisotopic (exact) mass is 368 g/mol. The maximum Gasteiger partial charge on any atom is 0.511 e. The molecular formula is C16H18F2N4O4. The summed E-state index contributed by atoms with van der Waals surface area (Å²) in [5, 5.41) is 8.43. The Balaban J connectivity index is 2.35. The van der Waals surface area contributed by atoms with Crippen LogP contribution in [0.2, 0.25) is 0 Å². The Bertz CT molecular complexity index is 960. The third-order valence-corrected chi connectivity index (χ3v) is 4.46. The number of aromatic nitrogens is 1. The second-order valence-electron chi connectivity index (χ2n) is 6.07. The van der Waals surface area contributed by atoms with Crippen molar-refractivity contribution < 1.29 is 23.4 Å². The summed E-state index contributed by atoms with van der Waals surface area (Å²) < 4.78 is 35.4. The maximum absolute atomic E-state index is 15.2. The molecule has 2 aromatic rings. The zero-order valence-corrected chi connectivity index (χ0v) is 14.0. The fourth-order valence-electron chi connectivity index (χ4n) is 3.31. The molecule has 1 fully saturated rings. The lowest BCUT2D eigenvalue weighted by atomic mass is 10.1. The van der Waals surface area contributed by atoms with Crippen LogP contribution in [0, 0.1) is 11.6 Å². The number of rotatable bonds is 3. The van der Waals surface area contributed by atoms with Crippen LogP contribution in [-0.4, -0.2) is 35.0 Å². The number of ether oxygens (including phenoxy) is 1. The van der Waals surface area contributed by atoms with E-state index in [1.807, 2.05) is 0 Å². The summed E-state index contributed by atoms with van der Waals surface area (Å²) in [7, 11) is 0. The molecule has 2 heterocycles. The molecule has 1 aliphatic heterocycles. The molecule has 0 amide bonds. The normalized spacial score (nSPS) is 17.1. The third kappa shape index (κ3) is 2.71. The summed E-state index contributed by atoms with van der Waals surface area (Å²) in [6, 6.07) is 0.675. The van der Waals surface area contributed by atoms with E-state index in [4.69, 9.17) is 16.6 Å². The van der Waals surface area contributed by atoms with Crippen molar-refractivity contribution in [3.8, 4) is 5.75 Å². The van der Waals surface area contributed by atoms with E-state index >= 15 is 4.39 Å². The second kappa shape index (κ2) is 6.45. The molecule has 1 atom stereocenters. The van der Waals surface area contributed by atoms with Gasteiger partial charge in [0.15, 0.2) is 11.6 Å². The van der Waals surface area contributed by atoms with Crippen LogP contribution in [0.25, 0.3) is 10.9 Å². The van der Waals surface area contributed by atoms with Crippen molar-refractivity contribution in [2.24, 2.45) is 5.73 Å². The fraction of sp³-hybridized carbons (Fsp3) is 0.375. The number of carbonyl (C=O) groups is 1. The van der Waals surface area contributed by atoms with E-state index in [1.165, 1.54) is 9.47 Å². The lowest BCUT2D eigenvalue weighted by Gasteiger charge is -2.22. The molecule has 3 rings (SSSR count). The van der Waals surface area contributed by atoms with Crippen molar-refractivity contribution in [2.75, 3.05) is 23.7 Å². The summed E-state index contributed by atoms with van der Waals surface area (Å²) >= 11 is 0. The highest BCUT2D eigenvalue weighted by Gasteiger charge is 2.29. The van der Waals surface area contributed by atoms with Gasteiger partial charge in [0, 0.05) is 25.7 Å². The average molecular weight is 368 g/mol. The number of fused-ring (bicyclic) bond motifs is 1. The number of aryl methyl sites for hydroxylation is 1. The summed E-state index contributed by atoms with van der Waals surface area (Å²) in [6.07, 6.45) is -1.16. The van der Waals surface area contributed by atoms with Gasteiger partial charge in [0.1, 0.15) is 11.5 Å². The topological polar surface area (TPSA) is 124 Å². The van der Waals surface area contributed by atoms with Gasteiger partial charge in [0.05, 0.1) is 10.9 Å². The Morgan fingerprint density at radius 1 is 1.46 bits per heavy atom. The van der Waals surface area contributed by atoms with E-state index in [0.29, 0.717) is 13.0 Å². The third-order valence-electron chi connectivity index (χ3n) is 4.46. The van der Waals surface area contributed by atoms with Crippen LogP contribution in [0.1, 0.15) is 13.3 Å². The first kappa shape index (κ1) is 17.9. The summed E-state index contributed by atoms with van der Waals surface area (Å²) in [4.78, 5) is 24.8. The number of hydrogen-bond acceptors (Lipinski definition) is 6. The molecule has 1 aliphatic rings. The Morgan fingerprint density at radius 2 is 2.15 bits per heavy atom. The summed E-state index contributed by atoms with van der Waals surface area (Å²) in [6.45, 7) is 2.40. The van der Waals surface area contributed by atoms with Crippen molar-refractivity contribution >= 4 is 28.6 Å². The Hall–Kier alpha value is -2.88. The number of benzene rings is 1. The Morgan fingerprint density at radius 3 is 2.69 bits per heavy atom. The van der Waals surface area contributed by atoms with Gasteiger partial charge in [-0.2, -0.15) is 0 Å². The maximum atomic E-state index is 15.2. The summed E-state index contributed by atoms with van der Waals surface area (Å²) in [5.74, 6) is -2.90. The molecule has 8 nitrogen and oxygen atoms in total. The minimum absolute atomic E-state index is 0.111. The molecule has 1 aromatic carbocycles. The molecule has 26 heavy (non-hydrogen) atoms. The molecule has 0 saturated carbocycles. The predicted octanol–water partition coefficient (Wildman–Crippen LogP) is 1.48. The summed E-state index contributed by atoms with van der Waals surface area (Å²) in [5.41, 5.74) is 10.2. The predicted molar refractivity (Wildman–Crippen MR) is 91.7 cm³/mol. The first-order valence-electron chi connectivity index (χ1n) is 8.01. The SMILES string of the molecule is CCn1c(N)c(OC(=O)O)c(=O)c2cc(F)c(N3CCC(N)C3)c(F)c21. The van der Waals surface area contributed by atoms with Crippen molar-refractivity contribution in [2.45, 2.75) is 25.9 Å². The highest BCUT2D eigenvalue weighted by Crippen LogP contribution is 2.34. The minimum atomic E-state index is -1.75. The number of nitrogen functional groups attached to an aromatic ring is 1. The van der Waals surface area contributed by atoms with E-state index in [1.54, 1.807) is 6.92 Å². The Kier molecular flexibility index (Phi) is 4.45. The molecule has 10 heteroatoms. The number of halogens is 2. The standard InChI is InChI=1S/C16H18F2N4O4/c1-2-22-11-8(13(23)14(15(22)20)26-16(24)25)5-9(17)12(10(11)18)21-4-3-7(19)6-21/h5,7H,2-4,6,19-20H2,1H3,(H,24,25). The van der Waals surface area contributed by atoms with Crippen LogP contribution >= 0.6 is 0 Å². The van der Waals surface area contributed by atoms with E-state index in [9.17, 15) is 14.0 Å². The van der Waals surface area contributed by atoms with Gasteiger partial charge in [-0.3, -0.25) is 4.79 Å². The molecule has 1 aromatic heterocycles. The van der Waals surface area contributed by atoms with Crippen molar-refractivity contribution in [1.29, 1.82) is 0 Å². The molecule has 140 valence electrons. The van der Waals surface area contributed by atoms with Gasteiger partial charge in [-0.25, -0.2) is 13.6 Å². The van der Waals surface area contributed by atoms with Crippen LogP contribution < -0.4 is 26.5 Å². The van der Waals surface area contributed by atoms with Crippen LogP contribution in [0.15, 0.2) is 10.9 Å². The van der Waals surface area contributed by atoms with Crippen molar-refractivity contribution in [3.05, 3.63) is 27.9 Å². The van der Waals surface area contributed by atoms with E-state index < -0.39 is 29.0 Å². The average Bonchev–Trinajstić information content (AvgIpc) is 2.98. The number of carboxylic acid groups (broad SMARTS) is 1. The Labute approximate surface area is 146 Å². The number of hydrogen-bond donors (Lipinski definition) is 3. The molecule has 0 bridgehead atoms. The lowest BCUT2D eigenvalue weighted by molar-refractivity contribution is 0.144. The lowest BCUT2D eigenvalue weighted by Crippen LogP contribution is -2.28. The molecule has 5 N–H and O–H groups in total. The largest absolute Gasteiger partial charge is 0.511 e. The fourth-order valence-corrected chi connectivity index (χ4v) is 3.31. The zero-order valence-electron chi connectivity index (χ0n) is 14.0. The van der Waals surface area contributed by atoms with E-state index in [0.717, 1.165) is 6.07 Å². The van der Waals surface area contributed by atoms with Gasteiger partial charge < -0.3 is 30.8 Å². The quantitative estimate of drug-likeness (QED) is 0.701. The van der Waals surface area contributed by atoms with Crippen molar-refractivity contribution in [1.82, 2.24) is 4.57 Å². The van der Waals surface area contributed by atoms with Crippen molar-refractivity contribution in [3.63, 3.8) is 0 Å². The van der Waals surface area contributed by atoms with Crippen LogP contribution in [0.5, 0.6) is 5.75 Å². The van der Waals surface area contributed by atoms with Crippen LogP contribution in [0.4, 0.5) is 25.1 Å². The van der Waals surface area contributed by atoms with E-state index in [2.05, 4.69) is 4.74 Å². The highest BCUT2D eigenvalue weighted by atomic mass is 19.1. The molecule has 1 unspecified atom stereocenters. The number of nitrogens with zero attached hydrogens (tertiary/aromatic N) is 2. The van der Waals surface area contributed by atoms with E-state index in [-0.39, 0.29) is 41.5 Å². The van der Waals surface area contributed by atoms with Gasteiger partial charge in [0.25, 0.3) is 0 Å². The molecular weight excluding hydrogens is 350 g/mol. The minimum Gasteiger partial charge on any atom is -0.449 e. The first-order chi connectivity index (χ1) is 12.3. The van der Waals surface area contributed by atoms with Gasteiger partial charge in [-0.05, 0) is 19.4 Å². The molecule has 0 aliphatic carbocycles. The van der Waals surface area contributed by atoms with Gasteiger partial charge in [-0.15, -0.1) is 0 Å².